The summed E-state index contributed by atoms with van der Waals surface area (Å²) in [7, 11) is 1.60. The lowest BCUT2D eigenvalue weighted by atomic mass is 10.0. The molecule has 0 unspecified atom stereocenters. The topological polar surface area (TPSA) is 58.6 Å². The molecule has 0 bridgehead atoms. The van der Waals surface area contributed by atoms with E-state index in [1.807, 2.05) is 32.9 Å². The second-order valence-corrected chi connectivity index (χ2v) is 6.51. The van der Waals surface area contributed by atoms with E-state index in [-0.39, 0.29) is 17.6 Å². The SMILES string of the molecule is CNC(=O)c1cc(Br)c(Oc2ccc(O)c(C(C)C)c2)cc1C. The lowest BCUT2D eigenvalue weighted by Gasteiger charge is -2.14. The minimum atomic E-state index is -0.138. The second kappa shape index (κ2) is 7.04. The molecule has 2 aromatic rings. The van der Waals surface area contributed by atoms with Crippen LogP contribution in [-0.2, 0) is 0 Å². The van der Waals surface area contributed by atoms with E-state index >= 15 is 0 Å². The van der Waals surface area contributed by atoms with Gasteiger partial charge in [-0.25, -0.2) is 0 Å². The van der Waals surface area contributed by atoms with Crippen molar-refractivity contribution in [1.82, 2.24) is 5.32 Å². The first-order chi connectivity index (χ1) is 10.8. The molecule has 0 aliphatic carbocycles. The zero-order valence-electron chi connectivity index (χ0n) is 13.6. The van der Waals surface area contributed by atoms with Gasteiger partial charge >= 0.3 is 0 Å². The number of carbonyl (C=O) groups is 1. The van der Waals surface area contributed by atoms with Crippen LogP contribution < -0.4 is 10.1 Å². The highest BCUT2D eigenvalue weighted by atomic mass is 79.9. The molecule has 23 heavy (non-hydrogen) atoms. The van der Waals surface area contributed by atoms with E-state index in [4.69, 9.17) is 4.74 Å². The minimum absolute atomic E-state index is 0.138. The third kappa shape index (κ3) is 3.85. The quantitative estimate of drug-likeness (QED) is 0.808. The second-order valence-electron chi connectivity index (χ2n) is 5.65. The summed E-state index contributed by atoms with van der Waals surface area (Å²) in [4.78, 5) is 11.8. The van der Waals surface area contributed by atoms with E-state index in [1.54, 1.807) is 25.2 Å². The number of benzene rings is 2. The molecule has 0 aliphatic heterocycles. The van der Waals surface area contributed by atoms with Crippen LogP contribution in [0.3, 0.4) is 0 Å². The van der Waals surface area contributed by atoms with Gasteiger partial charge in [-0.1, -0.05) is 13.8 Å². The van der Waals surface area contributed by atoms with Crippen LogP contribution in [0.5, 0.6) is 17.2 Å². The average Bonchev–Trinajstić information content (AvgIpc) is 2.51. The smallest absolute Gasteiger partial charge is 0.251 e. The van der Waals surface area contributed by atoms with Gasteiger partial charge in [0.1, 0.15) is 17.2 Å². The summed E-state index contributed by atoms with van der Waals surface area (Å²) in [5.74, 6) is 1.58. The van der Waals surface area contributed by atoms with Gasteiger partial charge in [-0.2, -0.15) is 0 Å². The van der Waals surface area contributed by atoms with Gasteiger partial charge in [-0.15, -0.1) is 0 Å². The van der Waals surface area contributed by atoms with Crippen molar-refractivity contribution in [2.45, 2.75) is 26.7 Å². The van der Waals surface area contributed by atoms with E-state index in [2.05, 4.69) is 21.2 Å². The van der Waals surface area contributed by atoms with Crippen LogP contribution in [-0.4, -0.2) is 18.1 Å². The Kier molecular flexibility index (Phi) is 5.31. The molecular formula is C18H20BrNO3. The molecule has 2 rings (SSSR count). The number of rotatable bonds is 4. The normalized spacial score (nSPS) is 10.7. The fourth-order valence-corrected chi connectivity index (χ4v) is 2.72. The van der Waals surface area contributed by atoms with E-state index < -0.39 is 0 Å². The van der Waals surface area contributed by atoms with Crippen molar-refractivity contribution in [1.29, 1.82) is 0 Å². The number of ether oxygens (including phenoxy) is 1. The molecule has 0 saturated heterocycles. The lowest BCUT2D eigenvalue weighted by molar-refractivity contribution is 0.0962. The largest absolute Gasteiger partial charge is 0.508 e. The first-order valence-electron chi connectivity index (χ1n) is 7.36. The molecular weight excluding hydrogens is 358 g/mol. The summed E-state index contributed by atoms with van der Waals surface area (Å²) in [6.07, 6.45) is 0. The summed E-state index contributed by atoms with van der Waals surface area (Å²) >= 11 is 3.44. The molecule has 2 aromatic carbocycles. The number of aryl methyl sites for hydroxylation is 1. The molecule has 4 nitrogen and oxygen atoms in total. The van der Waals surface area contributed by atoms with Gasteiger partial charge in [0.05, 0.1) is 4.47 Å². The highest BCUT2D eigenvalue weighted by molar-refractivity contribution is 9.10. The Hall–Kier alpha value is -2.01. The van der Waals surface area contributed by atoms with Crippen molar-refractivity contribution in [3.63, 3.8) is 0 Å². The summed E-state index contributed by atoms with van der Waals surface area (Å²) in [5, 5.41) is 12.5. The number of halogens is 1. The van der Waals surface area contributed by atoms with Crippen molar-refractivity contribution in [3.8, 4) is 17.2 Å². The number of amides is 1. The van der Waals surface area contributed by atoms with Crippen LogP contribution in [0.4, 0.5) is 0 Å². The number of phenols is 1. The molecule has 0 fully saturated rings. The van der Waals surface area contributed by atoms with Crippen LogP contribution in [0.1, 0.15) is 41.3 Å². The third-order valence-corrected chi connectivity index (χ3v) is 4.22. The monoisotopic (exact) mass is 377 g/mol. The maximum absolute atomic E-state index is 11.8. The van der Waals surface area contributed by atoms with Crippen molar-refractivity contribution in [3.05, 3.63) is 51.5 Å². The van der Waals surface area contributed by atoms with Crippen LogP contribution in [0, 0.1) is 6.92 Å². The van der Waals surface area contributed by atoms with E-state index in [0.29, 0.717) is 21.5 Å². The number of phenolic OH excluding ortho intramolecular Hbond substituents is 1. The van der Waals surface area contributed by atoms with Gasteiger partial charge in [-0.3, -0.25) is 4.79 Å². The van der Waals surface area contributed by atoms with Gasteiger partial charge in [0.15, 0.2) is 0 Å². The first kappa shape index (κ1) is 17.3. The Labute approximate surface area is 144 Å². The Bertz CT molecular complexity index is 741. The summed E-state index contributed by atoms with van der Waals surface area (Å²) in [6.45, 7) is 5.88. The predicted molar refractivity (Wildman–Crippen MR) is 94.5 cm³/mol. The zero-order chi connectivity index (χ0) is 17.1. The summed E-state index contributed by atoms with van der Waals surface area (Å²) in [5.41, 5.74) is 2.25. The number of nitrogens with one attached hydrogen (secondary N) is 1. The number of carbonyl (C=O) groups excluding carboxylic acids is 1. The fraction of sp³-hybridized carbons (Fsp3) is 0.278. The molecule has 2 N–H and O–H groups in total. The first-order valence-corrected chi connectivity index (χ1v) is 8.15. The molecule has 0 saturated carbocycles. The molecule has 1 amide bonds. The minimum Gasteiger partial charge on any atom is -0.508 e. The number of hydrogen-bond acceptors (Lipinski definition) is 3. The zero-order valence-corrected chi connectivity index (χ0v) is 15.2. The Morgan fingerprint density at radius 3 is 2.57 bits per heavy atom. The van der Waals surface area contributed by atoms with Crippen LogP contribution in [0.2, 0.25) is 0 Å². The van der Waals surface area contributed by atoms with Crippen molar-refractivity contribution in [2.75, 3.05) is 7.05 Å². The maximum atomic E-state index is 11.8. The van der Waals surface area contributed by atoms with E-state index in [0.717, 1.165) is 11.1 Å². The van der Waals surface area contributed by atoms with E-state index in [1.165, 1.54) is 0 Å². The van der Waals surface area contributed by atoms with Crippen LogP contribution in [0.15, 0.2) is 34.8 Å². The summed E-state index contributed by atoms with van der Waals surface area (Å²) < 4.78 is 6.61. The molecule has 0 aromatic heterocycles. The van der Waals surface area contributed by atoms with Gasteiger partial charge in [0, 0.05) is 18.2 Å². The van der Waals surface area contributed by atoms with Crippen molar-refractivity contribution < 1.29 is 14.6 Å². The summed E-state index contributed by atoms with van der Waals surface area (Å²) in [6, 6.07) is 8.73. The molecule has 122 valence electrons. The third-order valence-electron chi connectivity index (χ3n) is 3.60. The molecule has 0 radical (unpaired) electrons. The molecule has 0 spiro atoms. The average molecular weight is 378 g/mol. The standard InChI is InChI=1S/C18H20BrNO3/c1-10(2)13-8-12(5-6-16(13)21)23-17-7-11(3)14(9-15(17)19)18(22)20-4/h5-10,21H,1-4H3,(H,20,22). The fourth-order valence-electron chi connectivity index (χ4n) is 2.30. The Balaban J connectivity index is 2.36. The molecule has 5 heteroatoms. The number of aromatic hydroxyl groups is 1. The maximum Gasteiger partial charge on any atom is 0.251 e. The highest BCUT2D eigenvalue weighted by Crippen LogP contribution is 2.35. The number of hydrogen-bond donors (Lipinski definition) is 2. The van der Waals surface area contributed by atoms with Crippen molar-refractivity contribution >= 4 is 21.8 Å². The highest BCUT2D eigenvalue weighted by Gasteiger charge is 2.14. The molecule has 0 aliphatic rings. The molecule has 0 heterocycles. The predicted octanol–water partition coefficient (Wildman–Crippen LogP) is 4.74. The molecule has 0 atom stereocenters. The Morgan fingerprint density at radius 1 is 1.26 bits per heavy atom. The van der Waals surface area contributed by atoms with Gasteiger partial charge in [-0.05, 0) is 64.7 Å². The lowest BCUT2D eigenvalue weighted by Crippen LogP contribution is -2.18. The van der Waals surface area contributed by atoms with Gasteiger partial charge in [0.25, 0.3) is 5.91 Å². The van der Waals surface area contributed by atoms with Gasteiger partial charge in [0.2, 0.25) is 0 Å². The van der Waals surface area contributed by atoms with Crippen LogP contribution >= 0.6 is 15.9 Å². The van der Waals surface area contributed by atoms with E-state index in [9.17, 15) is 9.90 Å². The van der Waals surface area contributed by atoms with Crippen LogP contribution in [0.25, 0.3) is 0 Å². The van der Waals surface area contributed by atoms with Crippen molar-refractivity contribution in [2.24, 2.45) is 0 Å². The Morgan fingerprint density at radius 2 is 1.96 bits per heavy atom. The van der Waals surface area contributed by atoms with Gasteiger partial charge < -0.3 is 15.2 Å².